The topological polar surface area (TPSA) is 61.4 Å². The van der Waals surface area contributed by atoms with Gasteiger partial charge in [-0.05, 0) is 35.8 Å². The molecule has 1 aromatic carbocycles. The highest BCUT2D eigenvalue weighted by Crippen LogP contribution is 2.16. The summed E-state index contributed by atoms with van der Waals surface area (Å²) in [4.78, 5) is 27.0. The molecule has 0 radical (unpaired) electrons. The second-order valence-electron chi connectivity index (χ2n) is 6.29. The molecule has 6 heteroatoms. The predicted octanol–water partition coefficient (Wildman–Crippen LogP) is 3.10. The standard InChI is InChI=1S/C19H23N3O2S/c23-18(17-9-5-11-25-17)20-13-16-8-4-10-22(14-16)19(24)21-12-15-6-2-1-3-7-15/h1-3,5-7,9,11,16H,4,8,10,12-14H2,(H,20,23)(H,21,24)/t16-/m0/s1. The summed E-state index contributed by atoms with van der Waals surface area (Å²) in [6, 6.07) is 13.6. The molecular formula is C19H23N3O2S. The highest BCUT2D eigenvalue weighted by Gasteiger charge is 2.24. The molecule has 0 saturated carbocycles. The van der Waals surface area contributed by atoms with E-state index in [1.54, 1.807) is 0 Å². The Balaban J connectivity index is 1.44. The van der Waals surface area contributed by atoms with Gasteiger partial charge in [0.05, 0.1) is 4.88 Å². The van der Waals surface area contributed by atoms with Crippen molar-refractivity contribution < 1.29 is 9.59 Å². The number of hydrogen-bond donors (Lipinski definition) is 2. The Kier molecular flexibility index (Phi) is 6.06. The van der Waals surface area contributed by atoms with Crippen molar-refractivity contribution in [1.29, 1.82) is 0 Å². The quantitative estimate of drug-likeness (QED) is 0.864. The molecule has 1 fully saturated rings. The fraction of sp³-hybridized carbons (Fsp3) is 0.368. The van der Waals surface area contributed by atoms with E-state index in [1.807, 2.05) is 52.7 Å². The number of nitrogens with zero attached hydrogens (tertiary/aromatic N) is 1. The van der Waals surface area contributed by atoms with Gasteiger partial charge in [0.15, 0.2) is 0 Å². The fourth-order valence-electron chi connectivity index (χ4n) is 3.03. The minimum atomic E-state index is -0.0295. The summed E-state index contributed by atoms with van der Waals surface area (Å²) in [6.07, 6.45) is 2.01. The van der Waals surface area contributed by atoms with Gasteiger partial charge in [0, 0.05) is 26.2 Å². The third-order valence-corrected chi connectivity index (χ3v) is 5.26. The molecule has 132 valence electrons. The average molecular weight is 357 g/mol. The Morgan fingerprint density at radius 3 is 2.72 bits per heavy atom. The summed E-state index contributed by atoms with van der Waals surface area (Å²) >= 11 is 1.44. The molecule has 0 unspecified atom stereocenters. The minimum Gasteiger partial charge on any atom is -0.351 e. The number of thiophene rings is 1. The van der Waals surface area contributed by atoms with E-state index < -0.39 is 0 Å². The lowest BCUT2D eigenvalue weighted by molar-refractivity contribution is 0.0941. The van der Waals surface area contributed by atoms with E-state index in [0.29, 0.717) is 25.6 Å². The van der Waals surface area contributed by atoms with Crippen LogP contribution in [0.5, 0.6) is 0 Å². The largest absolute Gasteiger partial charge is 0.351 e. The van der Waals surface area contributed by atoms with Crippen LogP contribution in [-0.2, 0) is 6.54 Å². The van der Waals surface area contributed by atoms with E-state index in [-0.39, 0.29) is 11.9 Å². The van der Waals surface area contributed by atoms with Crippen molar-refractivity contribution in [3.8, 4) is 0 Å². The number of carbonyl (C=O) groups excluding carboxylic acids is 2. The summed E-state index contributed by atoms with van der Waals surface area (Å²) in [6.45, 7) is 2.61. The summed E-state index contributed by atoms with van der Waals surface area (Å²) in [5, 5.41) is 7.86. The molecule has 1 aliphatic heterocycles. The second kappa shape index (κ2) is 8.67. The van der Waals surface area contributed by atoms with Crippen molar-refractivity contribution in [2.45, 2.75) is 19.4 Å². The van der Waals surface area contributed by atoms with Gasteiger partial charge in [-0.2, -0.15) is 0 Å². The number of likely N-dealkylation sites (tertiary alicyclic amines) is 1. The Morgan fingerprint density at radius 1 is 1.12 bits per heavy atom. The zero-order chi connectivity index (χ0) is 17.5. The Labute approximate surface area is 152 Å². The number of amides is 3. The van der Waals surface area contributed by atoms with Crippen molar-refractivity contribution in [1.82, 2.24) is 15.5 Å². The van der Waals surface area contributed by atoms with Crippen molar-refractivity contribution in [2.24, 2.45) is 5.92 Å². The van der Waals surface area contributed by atoms with Crippen LogP contribution in [-0.4, -0.2) is 36.5 Å². The maximum atomic E-state index is 12.4. The normalized spacial score (nSPS) is 17.1. The summed E-state index contributed by atoms with van der Waals surface area (Å²) in [5.74, 6) is 0.279. The lowest BCUT2D eigenvalue weighted by Gasteiger charge is -2.32. The number of hydrogen-bond acceptors (Lipinski definition) is 3. The summed E-state index contributed by atoms with van der Waals surface area (Å²) in [5.41, 5.74) is 1.09. The summed E-state index contributed by atoms with van der Waals surface area (Å²) < 4.78 is 0. The maximum Gasteiger partial charge on any atom is 0.317 e. The third-order valence-electron chi connectivity index (χ3n) is 4.39. The highest BCUT2D eigenvalue weighted by atomic mass is 32.1. The smallest absolute Gasteiger partial charge is 0.317 e. The molecule has 5 nitrogen and oxygen atoms in total. The van der Waals surface area contributed by atoms with Gasteiger partial charge in [-0.15, -0.1) is 11.3 Å². The lowest BCUT2D eigenvalue weighted by Crippen LogP contribution is -2.47. The van der Waals surface area contributed by atoms with Crippen molar-refractivity contribution in [3.63, 3.8) is 0 Å². The first-order valence-corrected chi connectivity index (χ1v) is 9.49. The number of rotatable bonds is 5. The number of nitrogens with one attached hydrogen (secondary N) is 2. The van der Waals surface area contributed by atoms with E-state index in [9.17, 15) is 9.59 Å². The molecular weight excluding hydrogens is 334 g/mol. The summed E-state index contributed by atoms with van der Waals surface area (Å²) in [7, 11) is 0. The van der Waals surface area contributed by atoms with Crippen LogP contribution >= 0.6 is 11.3 Å². The Hall–Kier alpha value is -2.34. The fourth-order valence-corrected chi connectivity index (χ4v) is 3.67. The van der Waals surface area contributed by atoms with Gasteiger partial charge < -0.3 is 15.5 Å². The first kappa shape index (κ1) is 17.5. The van der Waals surface area contributed by atoms with Crippen LogP contribution in [0.1, 0.15) is 28.1 Å². The van der Waals surface area contributed by atoms with Crippen LogP contribution in [0.2, 0.25) is 0 Å². The number of benzene rings is 1. The van der Waals surface area contributed by atoms with Crippen LogP contribution < -0.4 is 10.6 Å². The van der Waals surface area contributed by atoms with E-state index >= 15 is 0 Å². The van der Waals surface area contributed by atoms with Gasteiger partial charge in [0.2, 0.25) is 0 Å². The molecule has 2 N–H and O–H groups in total. The van der Waals surface area contributed by atoms with Gasteiger partial charge in [0.25, 0.3) is 5.91 Å². The molecule has 3 rings (SSSR count). The molecule has 0 aliphatic carbocycles. The molecule has 0 bridgehead atoms. The highest BCUT2D eigenvalue weighted by molar-refractivity contribution is 7.12. The van der Waals surface area contributed by atoms with Gasteiger partial charge in [0.1, 0.15) is 0 Å². The lowest BCUT2D eigenvalue weighted by atomic mass is 9.98. The molecule has 3 amide bonds. The maximum absolute atomic E-state index is 12.4. The van der Waals surface area contributed by atoms with E-state index in [2.05, 4.69) is 10.6 Å². The van der Waals surface area contributed by atoms with Crippen molar-refractivity contribution >= 4 is 23.3 Å². The predicted molar refractivity (Wildman–Crippen MR) is 99.6 cm³/mol. The molecule has 2 heterocycles. The third kappa shape index (κ3) is 5.06. The average Bonchev–Trinajstić information content (AvgIpc) is 3.20. The first-order valence-electron chi connectivity index (χ1n) is 8.61. The molecule has 0 spiro atoms. The van der Waals surface area contributed by atoms with E-state index in [4.69, 9.17) is 0 Å². The molecule has 25 heavy (non-hydrogen) atoms. The minimum absolute atomic E-state index is 0.0272. The second-order valence-corrected chi connectivity index (χ2v) is 7.23. The number of carbonyl (C=O) groups is 2. The molecule has 2 aromatic rings. The molecule has 1 aromatic heterocycles. The van der Waals surface area contributed by atoms with Gasteiger partial charge in [-0.25, -0.2) is 4.79 Å². The Bertz CT molecular complexity index is 688. The number of piperidine rings is 1. The van der Waals surface area contributed by atoms with Crippen molar-refractivity contribution in [3.05, 3.63) is 58.3 Å². The van der Waals surface area contributed by atoms with Crippen molar-refractivity contribution in [2.75, 3.05) is 19.6 Å². The Morgan fingerprint density at radius 2 is 1.96 bits per heavy atom. The SMILES string of the molecule is O=C(NC[C@@H]1CCCN(C(=O)NCc2ccccc2)C1)c1cccs1. The molecule has 1 saturated heterocycles. The van der Waals surface area contributed by atoms with Crippen LogP contribution in [0.4, 0.5) is 4.79 Å². The van der Waals surface area contributed by atoms with Crippen LogP contribution in [0.3, 0.4) is 0 Å². The molecule has 1 atom stereocenters. The zero-order valence-corrected chi connectivity index (χ0v) is 14.9. The van der Waals surface area contributed by atoms with E-state index in [1.165, 1.54) is 11.3 Å². The van der Waals surface area contributed by atoms with Gasteiger partial charge >= 0.3 is 6.03 Å². The first-order chi connectivity index (χ1) is 12.2. The van der Waals surface area contributed by atoms with E-state index in [0.717, 1.165) is 29.8 Å². The molecule has 1 aliphatic rings. The van der Waals surface area contributed by atoms with Gasteiger partial charge in [-0.1, -0.05) is 36.4 Å². The van der Waals surface area contributed by atoms with Crippen LogP contribution in [0.25, 0.3) is 0 Å². The van der Waals surface area contributed by atoms with Crippen LogP contribution in [0.15, 0.2) is 47.8 Å². The van der Waals surface area contributed by atoms with Gasteiger partial charge in [-0.3, -0.25) is 4.79 Å². The number of urea groups is 1. The monoisotopic (exact) mass is 357 g/mol. The zero-order valence-electron chi connectivity index (χ0n) is 14.1. The van der Waals surface area contributed by atoms with Crippen LogP contribution in [0, 0.1) is 5.92 Å².